The van der Waals surface area contributed by atoms with E-state index >= 15 is 0 Å². The number of nitrogens with zero attached hydrogens (tertiary/aromatic N) is 1. The number of amides is 1. The molecule has 2 aromatic rings. The van der Waals surface area contributed by atoms with Crippen LogP contribution in [0.25, 0.3) is 0 Å². The van der Waals surface area contributed by atoms with Crippen LogP contribution in [-0.4, -0.2) is 35.2 Å². The van der Waals surface area contributed by atoms with E-state index in [0.29, 0.717) is 28.5 Å². The van der Waals surface area contributed by atoms with Crippen LogP contribution in [0.4, 0.5) is 5.69 Å². The molecule has 1 aliphatic rings. The van der Waals surface area contributed by atoms with Crippen molar-refractivity contribution in [3.63, 3.8) is 0 Å². The molecule has 0 bridgehead atoms. The molecule has 3 rings (SSSR count). The number of aromatic hydroxyl groups is 1. The van der Waals surface area contributed by atoms with Crippen LogP contribution >= 0.6 is 12.2 Å². The summed E-state index contributed by atoms with van der Waals surface area (Å²) in [5, 5.41) is 16.2. The Morgan fingerprint density at radius 3 is 2.62 bits per heavy atom. The zero-order valence-electron chi connectivity index (χ0n) is 17.9. The third kappa shape index (κ3) is 5.53. The maximum Gasteiger partial charge on any atom is 0.338 e. The van der Waals surface area contributed by atoms with Crippen LogP contribution in [0.3, 0.4) is 0 Å². The summed E-state index contributed by atoms with van der Waals surface area (Å²) >= 11 is 5.22. The Hall–Kier alpha value is -3.65. The number of esters is 1. The van der Waals surface area contributed by atoms with Crippen molar-refractivity contribution in [3.8, 4) is 5.75 Å². The molecule has 0 saturated heterocycles. The topological polar surface area (TPSA) is 90.9 Å². The Morgan fingerprint density at radius 1 is 1.19 bits per heavy atom. The number of phenols is 1. The molecule has 32 heavy (non-hydrogen) atoms. The number of carbonyl (C=O) groups excluding carboxylic acids is 2. The molecule has 1 amide bonds. The van der Waals surface area contributed by atoms with Gasteiger partial charge in [-0.1, -0.05) is 30.3 Å². The molecular weight excluding hydrogens is 426 g/mol. The van der Waals surface area contributed by atoms with Gasteiger partial charge in [0, 0.05) is 24.0 Å². The molecule has 1 heterocycles. The van der Waals surface area contributed by atoms with Crippen LogP contribution in [0.15, 0.2) is 78.0 Å². The molecule has 0 spiro atoms. The van der Waals surface area contributed by atoms with Crippen molar-refractivity contribution < 1.29 is 19.4 Å². The number of allylic oxidation sites excluding steroid dienone is 1. The van der Waals surface area contributed by atoms with Crippen LogP contribution in [0.5, 0.6) is 5.75 Å². The lowest BCUT2D eigenvalue weighted by atomic mass is 9.95. The minimum absolute atomic E-state index is 0.0646. The van der Waals surface area contributed by atoms with Crippen LogP contribution in [-0.2, 0) is 14.3 Å². The summed E-state index contributed by atoms with van der Waals surface area (Å²) in [6, 6.07) is 15.4. The largest absolute Gasteiger partial charge is 0.508 e. The fourth-order valence-corrected chi connectivity index (χ4v) is 3.70. The standard InChI is InChI=1S/C24H25N3O4S/c1-3-27(18-10-5-4-6-11-18)20(29)13-8-14-31-23(30)21-16(2)25-24(32)26-22(21)17-9-7-12-19(28)15-17/h4-13,15,22,28H,3,14H2,1-2H3,(H2,25,26,32)/b13-8+. The van der Waals surface area contributed by atoms with Gasteiger partial charge in [0.05, 0.1) is 11.6 Å². The molecule has 1 unspecified atom stereocenters. The van der Waals surface area contributed by atoms with Crippen molar-refractivity contribution in [2.75, 3.05) is 18.1 Å². The van der Waals surface area contributed by atoms with Gasteiger partial charge in [0.25, 0.3) is 5.91 Å². The molecule has 1 aliphatic heterocycles. The number of anilines is 1. The Morgan fingerprint density at radius 2 is 1.94 bits per heavy atom. The number of phenolic OH excluding ortho intramolecular Hbond substituents is 1. The normalized spacial score (nSPS) is 15.8. The minimum Gasteiger partial charge on any atom is -0.508 e. The highest BCUT2D eigenvalue weighted by Crippen LogP contribution is 2.29. The quantitative estimate of drug-likeness (QED) is 0.338. The molecule has 0 aliphatic carbocycles. The summed E-state index contributed by atoms with van der Waals surface area (Å²) in [5.41, 5.74) is 2.39. The van der Waals surface area contributed by atoms with Crippen molar-refractivity contribution in [1.82, 2.24) is 10.6 Å². The van der Waals surface area contributed by atoms with Gasteiger partial charge in [0.15, 0.2) is 5.11 Å². The lowest BCUT2D eigenvalue weighted by Crippen LogP contribution is -2.45. The molecule has 0 fully saturated rings. The minimum atomic E-state index is -0.567. The molecule has 2 aromatic carbocycles. The van der Waals surface area contributed by atoms with Crippen molar-refractivity contribution in [1.29, 1.82) is 0 Å². The summed E-state index contributed by atoms with van der Waals surface area (Å²) in [6.07, 6.45) is 2.91. The molecule has 1 atom stereocenters. The van der Waals surface area contributed by atoms with E-state index in [1.54, 1.807) is 36.1 Å². The number of likely N-dealkylation sites (N-methyl/N-ethyl adjacent to an activating group) is 1. The van der Waals surface area contributed by atoms with E-state index in [0.717, 1.165) is 5.69 Å². The van der Waals surface area contributed by atoms with Gasteiger partial charge in [-0.05, 0) is 62.0 Å². The summed E-state index contributed by atoms with van der Waals surface area (Å²) in [7, 11) is 0. The first-order chi connectivity index (χ1) is 15.4. The van der Waals surface area contributed by atoms with E-state index < -0.39 is 12.0 Å². The van der Waals surface area contributed by atoms with Crippen LogP contribution in [0.1, 0.15) is 25.5 Å². The first-order valence-corrected chi connectivity index (χ1v) is 10.6. The van der Waals surface area contributed by atoms with Crippen molar-refractivity contribution in [2.45, 2.75) is 19.9 Å². The fourth-order valence-electron chi connectivity index (χ4n) is 3.43. The first-order valence-electron chi connectivity index (χ1n) is 10.2. The summed E-state index contributed by atoms with van der Waals surface area (Å²) in [6.45, 7) is 4.08. The van der Waals surface area contributed by atoms with Crippen molar-refractivity contribution >= 4 is 34.9 Å². The van der Waals surface area contributed by atoms with Crippen LogP contribution in [0.2, 0.25) is 0 Å². The van der Waals surface area contributed by atoms with E-state index in [-0.39, 0.29) is 18.3 Å². The lowest BCUT2D eigenvalue weighted by Gasteiger charge is -2.29. The number of para-hydroxylation sites is 1. The van der Waals surface area contributed by atoms with Gasteiger partial charge in [-0.25, -0.2) is 4.79 Å². The van der Waals surface area contributed by atoms with Crippen LogP contribution < -0.4 is 15.5 Å². The summed E-state index contributed by atoms with van der Waals surface area (Å²) in [4.78, 5) is 27.0. The van der Waals surface area contributed by atoms with E-state index in [2.05, 4.69) is 10.6 Å². The monoisotopic (exact) mass is 451 g/mol. The van der Waals surface area contributed by atoms with Crippen molar-refractivity contribution in [2.24, 2.45) is 0 Å². The summed E-state index contributed by atoms with van der Waals surface area (Å²) in [5.74, 6) is -0.667. The number of rotatable bonds is 7. The molecule has 0 saturated carbocycles. The molecule has 0 radical (unpaired) electrons. The predicted molar refractivity (Wildman–Crippen MR) is 127 cm³/mol. The SMILES string of the molecule is CCN(C(=O)/C=C/COC(=O)C1=C(C)NC(=S)NC1c1cccc(O)c1)c1ccccc1. The van der Waals surface area contributed by atoms with Crippen LogP contribution in [0, 0.1) is 0 Å². The number of hydrogen-bond acceptors (Lipinski definition) is 5. The maximum atomic E-state index is 12.8. The number of benzene rings is 2. The van der Waals surface area contributed by atoms with Gasteiger partial charge in [-0.2, -0.15) is 0 Å². The third-order valence-corrected chi connectivity index (χ3v) is 5.13. The average molecular weight is 452 g/mol. The van der Waals surface area contributed by atoms with Gasteiger partial charge < -0.3 is 25.4 Å². The number of ether oxygens (including phenoxy) is 1. The van der Waals surface area contributed by atoms with Gasteiger partial charge in [0.1, 0.15) is 12.4 Å². The number of thiocarbonyl (C=S) groups is 1. The molecule has 7 nitrogen and oxygen atoms in total. The van der Waals surface area contributed by atoms with E-state index in [4.69, 9.17) is 17.0 Å². The second-order valence-corrected chi connectivity index (χ2v) is 7.49. The Kier molecular flexibility index (Phi) is 7.62. The third-order valence-electron chi connectivity index (χ3n) is 4.91. The first kappa shape index (κ1) is 23.0. The highest BCUT2D eigenvalue weighted by atomic mass is 32.1. The number of hydrogen-bond donors (Lipinski definition) is 3. The Bertz CT molecular complexity index is 1070. The number of nitrogens with one attached hydrogen (secondary N) is 2. The zero-order chi connectivity index (χ0) is 23.1. The van der Waals surface area contributed by atoms with Gasteiger partial charge in [-0.3, -0.25) is 4.79 Å². The van der Waals surface area contributed by atoms with E-state index in [9.17, 15) is 14.7 Å². The molecule has 166 valence electrons. The van der Waals surface area contributed by atoms with Gasteiger partial charge in [0.2, 0.25) is 0 Å². The second-order valence-electron chi connectivity index (χ2n) is 7.08. The summed E-state index contributed by atoms with van der Waals surface area (Å²) < 4.78 is 5.40. The fraction of sp³-hybridized carbons (Fsp3) is 0.208. The Labute approximate surface area is 192 Å². The lowest BCUT2D eigenvalue weighted by molar-refractivity contribution is -0.138. The second kappa shape index (κ2) is 10.6. The molecule has 3 N–H and O–H groups in total. The van der Waals surface area contributed by atoms with E-state index in [1.165, 1.54) is 12.2 Å². The van der Waals surface area contributed by atoms with Gasteiger partial charge >= 0.3 is 5.97 Å². The van der Waals surface area contributed by atoms with Crippen molar-refractivity contribution in [3.05, 3.63) is 83.6 Å². The molecular formula is C24H25N3O4S. The average Bonchev–Trinajstić information content (AvgIpc) is 2.77. The Balaban J connectivity index is 1.68. The zero-order valence-corrected chi connectivity index (χ0v) is 18.7. The highest BCUT2D eigenvalue weighted by molar-refractivity contribution is 7.80. The highest BCUT2D eigenvalue weighted by Gasteiger charge is 2.31. The predicted octanol–water partition coefficient (Wildman–Crippen LogP) is 3.34. The smallest absolute Gasteiger partial charge is 0.338 e. The van der Waals surface area contributed by atoms with E-state index in [1.807, 2.05) is 37.3 Å². The van der Waals surface area contributed by atoms with Gasteiger partial charge in [-0.15, -0.1) is 0 Å². The molecule has 8 heteroatoms. The maximum absolute atomic E-state index is 12.8. The molecule has 0 aromatic heterocycles. The number of carbonyl (C=O) groups is 2.